The van der Waals surface area contributed by atoms with Gasteiger partial charge >= 0.3 is 0 Å². The summed E-state index contributed by atoms with van der Waals surface area (Å²) in [6.45, 7) is 2.96. The molecule has 0 fully saturated rings. The van der Waals surface area contributed by atoms with Crippen molar-refractivity contribution in [2.75, 3.05) is 19.8 Å². The summed E-state index contributed by atoms with van der Waals surface area (Å²) in [5.74, 6) is 0. The first-order valence-corrected chi connectivity index (χ1v) is 9.98. The van der Waals surface area contributed by atoms with Crippen LogP contribution in [0.2, 0.25) is 0 Å². The van der Waals surface area contributed by atoms with Gasteiger partial charge in [0.1, 0.15) is 6.10 Å². The Morgan fingerprint density at radius 1 is 0.792 bits per heavy atom. The second-order valence-corrected chi connectivity index (χ2v) is 6.50. The van der Waals surface area contributed by atoms with Crippen LogP contribution in [-0.4, -0.2) is 36.1 Å². The summed E-state index contributed by atoms with van der Waals surface area (Å²) in [6, 6.07) is 0. The third kappa shape index (κ3) is 19.4. The van der Waals surface area contributed by atoms with E-state index < -0.39 is 6.10 Å². The maximum Gasteiger partial charge on any atom is 0.100 e. The van der Waals surface area contributed by atoms with Crippen LogP contribution < -0.4 is 0 Å². The zero-order chi connectivity index (χ0) is 17.7. The molecule has 0 aromatic rings. The monoisotopic (exact) mass is 340 g/mol. The Morgan fingerprint density at radius 3 is 2.00 bits per heavy atom. The lowest BCUT2D eigenvalue weighted by molar-refractivity contribution is 0.00526. The molecule has 0 spiro atoms. The van der Waals surface area contributed by atoms with Crippen LogP contribution >= 0.6 is 0 Å². The summed E-state index contributed by atoms with van der Waals surface area (Å²) in [6.07, 6.45) is 23.3. The highest BCUT2D eigenvalue weighted by Crippen LogP contribution is 2.08. The second kappa shape index (κ2) is 20.4. The number of allylic oxidation sites excluding steroid dienone is 4. The normalized spacial score (nSPS) is 13.3. The summed E-state index contributed by atoms with van der Waals surface area (Å²) >= 11 is 0. The molecule has 0 bridgehead atoms. The summed E-state index contributed by atoms with van der Waals surface area (Å²) in [7, 11) is 0. The molecule has 0 aliphatic carbocycles. The molecule has 0 aromatic heterocycles. The lowest BCUT2D eigenvalue weighted by atomic mass is 10.1. The van der Waals surface area contributed by atoms with Crippen molar-refractivity contribution >= 4 is 0 Å². The minimum atomic E-state index is -0.727. The van der Waals surface area contributed by atoms with Gasteiger partial charge in [-0.15, -0.1) is 0 Å². The topological polar surface area (TPSA) is 49.7 Å². The number of hydrogen-bond acceptors (Lipinski definition) is 3. The first kappa shape index (κ1) is 23.4. The lowest BCUT2D eigenvalue weighted by Gasteiger charge is -2.07. The maximum atomic E-state index is 9.11. The van der Waals surface area contributed by atoms with Gasteiger partial charge < -0.3 is 14.9 Å². The predicted molar refractivity (Wildman–Crippen MR) is 103 cm³/mol. The van der Waals surface area contributed by atoms with Crippen molar-refractivity contribution in [1.29, 1.82) is 0 Å². The molecule has 0 aromatic carbocycles. The zero-order valence-corrected chi connectivity index (χ0v) is 15.8. The lowest BCUT2D eigenvalue weighted by Crippen LogP contribution is -2.19. The highest BCUT2D eigenvalue weighted by atomic mass is 16.5. The van der Waals surface area contributed by atoms with E-state index in [-0.39, 0.29) is 13.2 Å². The average Bonchev–Trinajstić information content (AvgIpc) is 2.60. The number of aliphatic hydroxyl groups excluding tert-OH is 2. The van der Waals surface area contributed by atoms with Gasteiger partial charge in [-0.25, -0.2) is 0 Å². The molecule has 0 aliphatic heterocycles. The van der Waals surface area contributed by atoms with E-state index in [4.69, 9.17) is 14.9 Å². The van der Waals surface area contributed by atoms with Gasteiger partial charge in [0.15, 0.2) is 0 Å². The summed E-state index contributed by atoms with van der Waals surface area (Å²) in [4.78, 5) is 0. The molecule has 0 amide bonds. The van der Waals surface area contributed by atoms with Gasteiger partial charge in [-0.1, -0.05) is 69.8 Å². The van der Waals surface area contributed by atoms with Crippen molar-refractivity contribution in [2.45, 2.75) is 90.1 Å². The van der Waals surface area contributed by atoms with E-state index in [1.807, 2.05) is 0 Å². The SMILES string of the molecule is CCCCC/C=C\C/C=C\CCCCCCCCOC[C@@H](O)CO. The van der Waals surface area contributed by atoms with Crippen LogP contribution in [0.25, 0.3) is 0 Å². The largest absolute Gasteiger partial charge is 0.394 e. The van der Waals surface area contributed by atoms with Crippen LogP contribution in [0.15, 0.2) is 24.3 Å². The van der Waals surface area contributed by atoms with E-state index in [9.17, 15) is 0 Å². The van der Waals surface area contributed by atoms with E-state index >= 15 is 0 Å². The van der Waals surface area contributed by atoms with Crippen molar-refractivity contribution in [3.05, 3.63) is 24.3 Å². The molecule has 24 heavy (non-hydrogen) atoms. The highest BCUT2D eigenvalue weighted by molar-refractivity contribution is 4.92. The number of aliphatic hydroxyl groups is 2. The molecule has 0 heterocycles. The van der Waals surface area contributed by atoms with Crippen LogP contribution in [0.3, 0.4) is 0 Å². The van der Waals surface area contributed by atoms with Crippen molar-refractivity contribution in [3.8, 4) is 0 Å². The fourth-order valence-electron chi connectivity index (χ4n) is 2.46. The van der Waals surface area contributed by atoms with Crippen LogP contribution in [0.1, 0.15) is 84.0 Å². The van der Waals surface area contributed by atoms with Crippen molar-refractivity contribution in [2.24, 2.45) is 0 Å². The number of rotatable bonds is 18. The molecule has 0 saturated heterocycles. The maximum absolute atomic E-state index is 9.11. The van der Waals surface area contributed by atoms with Gasteiger partial charge in [-0.05, 0) is 38.5 Å². The Labute approximate surface area is 149 Å². The summed E-state index contributed by atoms with van der Waals surface area (Å²) in [5, 5.41) is 17.7. The minimum Gasteiger partial charge on any atom is -0.394 e. The number of hydrogen-bond donors (Lipinski definition) is 2. The predicted octanol–water partition coefficient (Wildman–Crippen LogP) is 5.17. The van der Waals surface area contributed by atoms with Gasteiger partial charge in [-0.3, -0.25) is 0 Å². The molecule has 3 nitrogen and oxygen atoms in total. The summed E-state index contributed by atoms with van der Waals surface area (Å²) < 4.78 is 5.28. The van der Waals surface area contributed by atoms with Crippen molar-refractivity contribution < 1.29 is 14.9 Å². The molecule has 1 atom stereocenters. The molecule has 2 N–H and O–H groups in total. The van der Waals surface area contributed by atoms with E-state index in [1.165, 1.54) is 64.2 Å². The van der Waals surface area contributed by atoms with Gasteiger partial charge in [0.2, 0.25) is 0 Å². The van der Waals surface area contributed by atoms with E-state index in [0.29, 0.717) is 6.61 Å². The van der Waals surface area contributed by atoms with Crippen LogP contribution in [-0.2, 0) is 4.74 Å². The second-order valence-electron chi connectivity index (χ2n) is 6.50. The molecule has 3 heteroatoms. The van der Waals surface area contributed by atoms with E-state index in [2.05, 4.69) is 31.2 Å². The third-order valence-electron chi connectivity index (χ3n) is 4.01. The molecule has 0 radical (unpaired) electrons. The van der Waals surface area contributed by atoms with Crippen LogP contribution in [0, 0.1) is 0 Å². The van der Waals surface area contributed by atoms with Crippen molar-refractivity contribution in [1.82, 2.24) is 0 Å². The highest BCUT2D eigenvalue weighted by Gasteiger charge is 2.00. The molecule has 0 saturated carbocycles. The fourth-order valence-corrected chi connectivity index (χ4v) is 2.46. The van der Waals surface area contributed by atoms with Gasteiger partial charge in [-0.2, -0.15) is 0 Å². The van der Waals surface area contributed by atoms with Crippen LogP contribution in [0.4, 0.5) is 0 Å². The third-order valence-corrected chi connectivity index (χ3v) is 4.01. The van der Waals surface area contributed by atoms with Crippen LogP contribution in [0.5, 0.6) is 0 Å². The standard InChI is InChI=1S/C21H40O3/c1-2-3-4-5-6-7-8-9-10-11-12-13-14-15-16-17-18-24-20-21(23)19-22/h6-7,9-10,21-23H,2-5,8,11-20H2,1H3/b7-6-,10-9-/t21-/m0/s1. The zero-order valence-electron chi connectivity index (χ0n) is 15.8. The molecular weight excluding hydrogens is 300 g/mol. The van der Waals surface area contributed by atoms with Gasteiger partial charge in [0.05, 0.1) is 13.2 Å². The molecule has 0 aliphatic rings. The Morgan fingerprint density at radius 2 is 1.38 bits per heavy atom. The first-order chi connectivity index (χ1) is 11.8. The molecule has 0 unspecified atom stereocenters. The Balaban J connectivity index is 3.15. The molecular formula is C21H40O3. The first-order valence-electron chi connectivity index (χ1n) is 9.98. The fraction of sp³-hybridized carbons (Fsp3) is 0.810. The average molecular weight is 341 g/mol. The van der Waals surface area contributed by atoms with E-state index in [0.717, 1.165) is 12.8 Å². The number of ether oxygens (including phenoxy) is 1. The van der Waals surface area contributed by atoms with E-state index in [1.54, 1.807) is 0 Å². The minimum absolute atomic E-state index is 0.219. The Bertz CT molecular complexity index is 287. The van der Waals surface area contributed by atoms with Gasteiger partial charge in [0, 0.05) is 6.61 Å². The Kier molecular flexibility index (Phi) is 19.9. The molecule has 0 rings (SSSR count). The summed E-state index contributed by atoms with van der Waals surface area (Å²) in [5.41, 5.74) is 0. The number of unbranched alkanes of at least 4 members (excludes halogenated alkanes) is 9. The quantitative estimate of drug-likeness (QED) is 0.267. The Hall–Kier alpha value is -0.640. The van der Waals surface area contributed by atoms with Gasteiger partial charge in [0.25, 0.3) is 0 Å². The smallest absolute Gasteiger partial charge is 0.100 e. The molecule has 142 valence electrons. The van der Waals surface area contributed by atoms with Crippen molar-refractivity contribution in [3.63, 3.8) is 0 Å².